The van der Waals surface area contributed by atoms with Gasteiger partial charge in [0.05, 0.1) is 6.61 Å². The summed E-state index contributed by atoms with van der Waals surface area (Å²) in [4.78, 5) is 0. The van der Waals surface area contributed by atoms with Gasteiger partial charge in [-0.05, 0) is 61.3 Å². The molecule has 2 aliphatic carbocycles. The molecule has 1 saturated carbocycles. The van der Waals surface area contributed by atoms with Crippen LogP contribution in [0.5, 0.6) is 5.75 Å². The highest BCUT2D eigenvalue weighted by molar-refractivity contribution is 5.38. The van der Waals surface area contributed by atoms with Gasteiger partial charge in [-0.25, -0.2) is 0 Å². The summed E-state index contributed by atoms with van der Waals surface area (Å²) in [6.45, 7) is 0.894. The van der Waals surface area contributed by atoms with Crippen LogP contribution < -0.4 is 10.5 Å². The summed E-state index contributed by atoms with van der Waals surface area (Å²) in [5, 5.41) is 0. The van der Waals surface area contributed by atoms with Gasteiger partial charge in [-0.15, -0.1) is 0 Å². The molecule has 3 rings (SSSR count). The molecule has 2 N–H and O–H groups in total. The van der Waals surface area contributed by atoms with Crippen LogP contribution in [0.25, 0.3) is 0 Å². The fourth-order valence-corrected chi connectivity index (χ4v) is 2.42. The zero-order valence-corrected chi connectivity index (χ0v) is 9.61. The Morgan fingerprint density at radius 1 is 1.25 bits per heavy atom. The Bertz CT molecular complexity index is 384. The van der Waals surface area contributed by atoms with Gasteiger partial charge in [0.25, 0.3) is 0 Å². The number of hydrogen-bond acceptors (Lipinski definition) is 2. The Labute approximate surface area is 96.8 Å². The van der Waals surface area contributed by atoms with Gasteiger partial charge < -0.3 is 10.5 Å². The quantitative estimate of drug-likeness (QED) is 0.845. The molecule has 0 saturated heterocycles. The molecule has 0 heterocycles. The number of hydrogen-bond donors (Lipinski definition) is 1. The summed E-state index contributed by atoms with van der Waals surface area (Å²) < 4.78 is 5.79. The van der Waals surface area contributed by atoms with Crippen molar-refractivity contribution in [2.45, 2.75) is 38.1 Å². The lowest BCUT2D eigenvalue weighted by Crippen LogP contribution is -2.17. The van der Waals surface area contributed by atoms with Crippen LogP contribution in [0.2, 0.25) is 0 Å². The molecule has 1 aromatic rings. The Kier molecular flexibility index (Phi) is 2.60. The molecule has 86 valence electrons. The van der Waals surface area contributed by atoms with E-state index in [2.05, 4.69) is 18.2 Å². The van der Waals surface area contributed by atoms with Crippen LogP contribution in [0.15, 0.2) is 18.2 Å². The normalized spacial score (nSPS) is 23.9. The first kappa shape index (κ1) is 10.2. The molecule has 2 aliphatic rings. The summed E-state index contributed by atoms with van der Waals surface area (Å²) >= 11 is 0. The van der Waals surface area contributed by atoms with Gasteiger partial charge in [0.2, 0.25) is 0 Å². The molecule has 16 heavy (non-hydrogen) atoms. The van der Waals surface area contributed by atoms with E-state index >= 15 is 0 Å². The maximum Gasteiger partial charge on any atom is 0.119 e. The van der Waals surface area contributed by atoms with Crippen molar-refractivity contribution in [2.24, 2.45) is 11.7 Å². The van der Waals surface area contributed by atoms with Crippen molar-refractivity contribution >= 4 is 0 Å². The van der Waals surface area contributed by atoms with Crippen LogP contribution in [0, 0.1) is 5.92 Å². The smallest absolute Gasteiger partial charge is 0.119 e. The van der Waals surface area contributed by atoms with Gasteiger partial charge in [-0.3, -0.25) is 0 Å². The van der Waals surface area contributed by atoms with E-state index in [1.807, 2.05) is 0 Å². The van der Waals surface area contributed by atoms with Crippen LogP contribution >= 0.6 is 0 Å². The molecule has 0 bridgehead atoms. The largest absolute Gasteiger partial charge is 0.493 e. The van der Waals surface area contributed by atoms with E-state index in [9.17, 15) is 0 Å². The summed E-state index contributed by atoms with van der Waals surface area (Å²) in [6.07, 6.45) is 6.17. The van der Waals surface area contributed by atoms with E-state index in [-0.39, 0.29) is 6.04 Å². The number of fused-ring (bicyclic) bond motifs is 1. The minimum absolute atomic E-state index is 0.237. The molecule has 2 heteroatoms. The van der Waals surface area contributed by atoms with Crippen LogP contribution in [-0.4, -0.2) is 6.61 Å². The van der Waals surface area contributed by atoms with Gasteiger partial charge >= 0.3 is 0 Å². The molecule has 0 aliphatic heterocycles. The van der Waals surface area contributed by atoms with Crippen molar-refractivity contribution in [3.05, 3.63) is 29.3 Å². The number of ether oxygens (including phenoxy) is 1. The molecule has 1 fully saturated rings. The molecule has 1 atom stereocenters. The zero-order valence-electron chi connectivity index (χ0n) is 9.61. The second-order valence-corrected chi connectivity index (χ2v) is 5.11. The molecule has 0 aromatic heterocycles. The van der Waals surface area contributed by atoms with Crippen molar-refractivity contribution in [2.75, 3.05) is 6.61 Å². The summed E-state index contributed by atoms with van der Waals surface area (Å²) in [5.74, 6) is 1.85. The zero-order chi connectivity index (χ0) is 11.0. The fourth-order valence-electron chi connectivity index (χ4n) is 2.42. The molecule has 0 amide bonds. The second kappa shape index (κ2) is 4.10. The summed E-state index contributed by atoms with van der Waals surface area (Å²) in [6, 6.07) is 6.66. The van der Waals surface area contributed by atoms with Crippen LogP contribution in [0.4, 0.5) is 0 Å². The molecule has 1 aromatic carbocycles. The van der Waals surface area contributed by atoms with Gasteiger partial charge in [-0.1, -0.05) is 6.07 Å². The molecule has 2 nitrogen and oxygen atoms in total. The predicted octanol–water partition coefficient (Wildman–Crippen LogP) is 2.81. The molecule has 0 spiro atoms. The second-order valence-electron chi connectivity index (χ2n) is 5.11. The minimum atomic E-state index is 0.237. The maximum atomic E-state index is 6.09. The van der Waals surface area contributed by atoms with E-state index in [1.54, 1.807) is 0 Å². The SMILES string of the molecule is NC1CCCc2cc(OCC3CC3)ccc21. The lowest BCUT2D eigenvalue weighted by Gasteiger charge is -2.22. The Morgan fingerprint density at radius 2 is 2.12 bits per heavy atom. The topological polar surface area (TPSA) is 35.2 Å². The van der Waals surface area contributed by atoms with Crippen molar-refractivity contribution in [1.29, 1.82) is 0 Å². The molecular weight excluding hydrogens is 198 g/mol. The van der Waals surface area contributed by atoms with Gasteiger partial charge in [0.15, 0.2) is 0 Å². The number of aryl methyl sites for hydroxylation is 1. The predicted molar refractivity (Wildman–Crippen MR) is 64.5 cm³/mol. The van der Waals surface area contributed by atoms with Crippen molar-refractivity contribution in [3.8, 4) is 5.75 Å². The third-order valence-electron chi connectivity index (χ3n) is 3.66. The minimum Gasteiger partial charge on any atom is -0.493 e. The third-order valence-corrected chi connectivity index (χ3v) is 3.66. The van der Waals surface area contributed by atoms with Crippen LogP contribution in [-0.2, 0) is 6.42 Å². The molecule has 0 radical (unpaired) electrons. The number of rotatable bonds is 3. The average Bonchev–Trinajstić information content (AvgIpc) is 3.10. The van der Waals surface area contributed by atoms with E-state index < -0.39 is 0 Å². The van der Waals surface area contributed by atoms with Gasteiger partial charge in [0, 0.05) is 6.04 Å². The Morgan fingerprint density at radius 3 is 2.94 bits per heavy atom. The van der Waals surface area contributed by atoms with Gasteiger partial charge in [0.1, 0.15) is 5.75 Å². The maximum absolute atomic E-state index is 6.09. The lowest BCUT2D eigenvalue weighted by atomic mass is 9.88. The number of nitrogens with two attached hydrogens (primary N) is 1. The van der Waals surface area contributed by atoms with Crippen LogP contribution in [0.3, 0.4) is 0 Å². The highest BCUT2D eigenvalue weighted by atomic mass is 16.5. The summed E-state index contributed by atoms with van der Waals surface area (Å²) in [5.41, 5.74) is 8.81. The fraction of sp³-hybridized carbons (Fsp3) is 0.571. The third kappa shape index (κ3) is 2.07. The number of benzene rings is 1. The highest BCUT2D eigenvalue weighted by Crippen LogP contribution is 2.32. The van der Waals surface area contributed by atoms with E-state index in [1.165, 1.54) is 30.4 Å². The Hall–Kier alpha value is -1.02. The van der Waals surface area contributed by atoms with Crippen molar-refractivity contribution < 1.29 is 4.74 Å². The highest BCUT2D eigenvalue weighted by Gasteiger charge is 2.22. The standard InChI is InChI=1S/C14H19NO/c15-14-3-1-2-11-8-12(6-7-13(11)14)16-9-10-4-5-10/h6-8,10,14H,1-5,9,15H2. The average molecular weight is 217 g/mol. The monoisotopic (exact) mass is 217 g/mol. The lowest BCUT2D eigenvalue weighted by molar-refractivity contribution is 0.299. The first-order valence-corrected chi connectivity index (χ1v) is 6.34. The van der Waals surface area contributed by atoms with E-state index in [0.717, 1.165) is 31.1 Å². The van der Waals surface area contributed by atoms with E-state index in [0.29, 0.717) is 0 Å². The van der Waals surface area contributed by atoms with Crippen LogP contribution in [0.1, 0.15) is 42.9 Å². The first-order valence-electron chi connectivity index (χ1n) is 6.34. The molecule has 1 unspecified atom stereocenters. The van der Waals surface area contributed by atoms with Crippen molar-refractivity contribution in [3.63, 3.8) is 0 Å². The Balaban J connectivity index is 1.75. The van der Waals surface area contributed by atoms with Crippen molar-refractivity contribution in [1.82, 2.24) is 0 Å². The summed E-state index contributed by atoms with van der Waals surface area (Å²) in [7, 11) is 0. The van der Waals surface area contributed by atoms with E-state index in [4.69, 9.17) is 10.5 Å². The van der Waals surface area contributed by atoms with Gasteiger partial charge in [-0.2, -0.15) is 0 Å². The molecular formula is C14H19NO. The first-order chi connectivity index (χ1) is 7.83.